The number of carbonyl (C=O) groups is 2. The van der Waals surface area contributed by atoms with Crippen molar-refractivity contribution in [1.82, 2.24) is 10.6 Å². The number of amides is 2. The van der Waals surface area contributed by atoms with E-state index in [0.29, 0.717) is 12.1 Å². The van der Waals surface area contributed by atoms with E-state index in [1.165, 1.54) is 0 Å². The van der Waals surface area contributed by atoms with Crippen LogP contribution >= 0.6 is 0 Å². The molecule has 0 unspecified atom stereocenters. The number of nitrogens with zero attached hydrogens (tertiary/aromatic N) is 1. The number of benzene rings is 1. The van der Waals surface area contributed by atoms with Crippen molar-refractivity contribution in [3.8, 4) is 0 Å². The minimum absolute atomic E-state index is 0.0153. The molecule has 2 amide bonds. The van der Waals surface area contributed by atoms with Crippen molar-refractivity contribution in [3.05, 3.63) is 29.8 Å². The molecule has 1 heterocycles. The van der Waals surface area contributed by atoms with Gasteiger partial charge in [0, 0.05) is 0 Å². The van der Waals surface area contributed by atoms with Crippen LogP contribution in [0.3, 0.4) is 0 Å². The Kier molecular flexibility index (Phi) is 5.19. The maximum atomic E-state index is 12.7. The molecule has 5 nitrogen and oxygen atoms in total. The molecular weight excluding hydrogens is 290 g/mol. The Hall–Kier alpha value is -2.17. The van der Waals surface area contributed by atoms with E-state index in [1.807, 2.05) is 45.0 Å². The lowest BCUT2D eigenvalue weighted by Gasteiger charge is -2.38. The Bertz CT molecular complexity index is 600. The minimum atomic E-state index is -1.01. The SMILES string of the molecule is CCC[C@H](C)C1(CC)C(=O)NC(=Nc2ccc(C)cc2)NC1=O. The topological polar surface area (TPSA) is 70.6 Å². The van der Waals surface area contributed by atoms with Gasteiger partial charge in [0.25, 0.3) is 0 Å². The third kappa shape index (κ3) is 3.28. The van der Waals surface area contributed by atoms with Gasteiger partial charge in [-0.1, -0.05) is 44.9 Å². The second kappa shape index (κ2) is 6.94. The van der Waals surface area contributed by atoms with Crippen LogP contribution in [-0.2, 0) is 9.59 Å². The number of hydrogen-bond donors (Lipinski definition) is 2. The lowest BCUT2D eigenvalue weighted by molar-refractivity contribution is -0.147. The van der Waals surface area contributed by atoms with Crippen molar-refractivity contribution < 1.29 is 9.59 Å². The van der Waals surface area contributed by atoms with Crippen LogP contribution in [0.2, 0.25) is 0 Å². The first-order valence-corrected chi connectivity index (χ1v) is 8.22. The largest absolute Gasteiger partial charge is 0.295 e. The van der Waals surface area contributed by atoms with E-state index in [1.54, 1.807) is 0 Å². The number of hydrogen-bond acceptors (Lipinski definition) is 3. The fraction of sp³-hybridized carbons (Fsp3) is 0.500. The molecule has 0 aliphatic carbocycles. The van der Waals surface area contributed by atoms with Crippen LogP contribution in [0.15, 0.2) is 29.3 Å². The van der Waals surface area contributed by atoms with Crippen LogP contribution < -0.4 is 10.6 Å². The standard InChI is InChI=1S/C18H25N3O2/c1-5-7-13(4)18(6-2)15(22)20-17(21-16(18)23)19-14-10-8-12(3)9-11-14/h8-11,13H,5-7H2,1-4H3,(H2,19,20,21,22,23)/t13-/m0/s1. The fourth-order valence-electron chi connectivity index (χ4n) is 3.17. The zero-order valence-corrected chi connectivity index (χ0v) is 14.3. The molecule has 2 rings (SSSR count). The molecule has 1 saturated heterocycles. The molecule has 23 heavy (non-hydrogen) atoms. The van der Waals surface area contributed by atoms with Crippen LogP contribution in [0.4, 0.5) is 5.69 Å². The molecule has 5 heteroatoms. The van der Waals surface area contributed by atoms with Gasteiger partial charge in [-0.15, -0.1) is 0 Å². The highest BCUT2D eigenvalue weighted by Crippen LogP contribution is 2.36. The normalized spacial score (nSPS) is 22.3. The van der Waals surface area contributed by atoms with E-state index >= 15 is 0 Å². The molecule has 1 atom stereocenters. The summed E-state index contributed by atoms with van der Waals surface area (Å²) in [6.07, 6.45) is 2.25. The van der Waals surface area contributed by atoms with E-state index in [2.05, 4.69) is 22.5 Å². The molecule has 0 aromatic heterocycles. The van der Waals surface area contributed by atoms with E-state index in [-0.39, 0.29) is 23.7 Å². The molecule has 0 bridgehead atoms. The number of carbonyl (C=O) groups excluding carboxylic acids is 2. The molecule has 1 aliphatic heterocycles. The second-order valence-corrected chi connectivity index (χ2v) is 6.22. The summed E-state index contributed by atoms with van der Waals surface area (Å²) in [6.45, 7) is 7.90. The van der Waals surface area contributed by atoms with Crippen LogP contribution in [0.5, 0.6) is 0 Å². The van der Waals surface area contributed by atoms with Crippen molar-refractivity contribution in [1.29, 1.82) is 0 Å². The summed E-state index contributed by atoms with van der Waals surface area (Å²) in [5.41, 5.74) is 0.809. The molecule has 1 aromatic rings. The Labute approximate surface area is 137 Å². The average Bonchev–Trinajstić information content (AvgIpc) is 2.50. The molecule has 0 radical (unpaired) electrons. The Morgan fingerprint density at radius 2 is 1.65 bits per heavy atom. The fourth-order valence-corrected chi connectivity index (χ4v) is 3.17. The Balaban J connectivity index is 2.26. The summed E-state index contributed by atoms with van der Waals surface area (Å²) in [5, 5.41) is 5.54. The maximum absolute atomic E-state index is 12.7. The highest BCUT2D eigenvalue weighted by Gasteiger charge is 2.51. The maximum Gasteiger partial charge on any atom is 0.242 e. The summed E-state index contributed by atoms with van der Waals surface area (Å²) in [4.78, 5) is 29.7. The molecule has 124 valence electrons. The van der Waals surface area contributed by atoms with Gasteiger partial charge in [-0.3, -0.25) is 20.2 Å². The molecule has 0 saturated carbocycles. The van der Waals surface area contributed by atoms with E-state index in [4.69, 9.17) is 0 Å². The molecule has 1 aliphatic rings. The summed E-state index contributed by atoms with van der Waals surface area (Å²) in [6, 6.07) is 7.57. The predicted molar refractivity (Wildman–Crippen MR) is 91.4 cm³/mol. The second-order valence-electron chi connectivity index (χ2n) is 6.22. The lowest BCUT2D eigenvalue weighted by atomic mass is 9.70. The zero-order valence-electron chi connectivity index (χ0n) is 14.3. The number of aliphatic imine (C=N–C) groups is 1. The van der Waals surface area contributed by atoms with E-state index in [9.17, 15) is 9.59 Å². The van der Waals surface area contributed by atoms with Crippen LogP contribution in [0.25, 0.3) is 0 Å². The quantitative estimate of drug-likeness (QED) is 0.820. The van der Waals surface area contributed by atoms with E-state index < -0.39 is 5.41 Å². The highest BCUT2D eigenvalue weighted by atomic mass is 16.2. The summed E-state index contributed by atoms with van der Waals surface area (Å²) in [7, 11) is 0. The zero-order chi connectivity index (χ0) is 17.0. The van der Waals surface area contributed by atoms with Gasteiger partial charge in [0.1, 0.15) is 5.41 Å². The first-order valence-electron chi connectivity index (χ1n) is 8.22. The summed E-state index contributed by atoms with van der Waals surface area (Å²) >= 11 is 0. The first-order chi connectivity index (χ1) is 10.9. The number of nitrogens with one attached hydrogen (secondary N) is 2. The predicted octanol–water partition coefficient (Wildman–Crippen LogP) is 3.06. The van der Waals surface area contributed by atoms with Crippen molar-refractivity contribution in [2.75, 3.05) is 0 Å². The van der Waals surface area contributed by atoms with Gasteiger partial charge in [-0.25, -0.2) is 4.99 Å². The van der Waals surface area contributed by atoms with E-state index in [0.717, 1.165) is 18.4 Å². The third-order valence-corrected chi connectivity index (χ3v) is 4.67. The minimum Gasteiger partial charge on any atom is -0.295 e. The van der Waals surface area contributed by atoms with Gasteiger partial charge in [0.2, 0.25) is 17.8 Å². The molecule has 0 spiro atoms. The van der Waals surface area contributed by atoms with Gasteiger partial charge < -0.3 is 0 Å². The smallest absolute Gasteiger partial charge is 0.242 e. The monoisotopic (exact) mass is 315 g/mol. The van der Waals surface area contributed by atoms with Crippen LogP contribution in [0, 0.1) is 18.3 Å². The van der Waals surface area contributed by atoms with Crippen molar-refractivity contribution in [3.63, 3.8) is 0 Å². The summed E-state index contributed by atoms with van der Waals surface area (Å²) < 4.78 is 0. The van der Waals surface area contributed by atoms with Crippen molar-refractivity contribution >= 4 is 23.5 Å². The van der Waals surface area contributed by atoms with Gasteiger partial charge in [0.15, 0.2) is 0 Å². The highest BCUT2D eigenvalue weighted by molar-refractivity contribution is 6.20. The third-order valence-electron chi connectivity index (χ3n) is 4.67. The van der Waals surface area contributed by atoms with Gasteiger partial charge in [-0.2, -0.15) is 0 Å². The number of rotatable bonds is 5. The molecule has 1 fully saturated rings. The molecule has 1 aromatic carbocycles. The number of aryl methyl sites for hydroxylation is 1. The lowest BCUT2D eigenvalue weighted by Crippen LogP contribution is -2.64. The van der Waals surface area contributed by atoms with Gasteiger partial charge in [0.05, 0.1) is 5.69 Å². The van der Waals surface area contributed by atoms with Crippen molar-refractivity contribution in [2.45, 2.75) is 47.0 Å². The molecule has 2 N–H and O–H groups in total. The van der Waals surface area contributed by atoms with Crippen LogP contribution in [-0.4, -0.2) is 17.8 Å². The van der Waals surface area contributed by atoms with Gasteiger partial charge >= 0.3 is 0 Å². The average molecular weight is 315 g/mol. The first kappa shape index (κ1) is 17.2. The van der Waals surface area contributed by atoms with Crippen molar-refractivity contribution in [2.24, 2.45) is 16.3 Å². The molecular formula is C18H25N3O2. The summed E-state index contributed by atoms with van der Waals surface area (Å²) in [5.74, 6) is -0.318. The number of guanidine groups is 1. The van der Waals surface area contributed by atoms with Gasteiger partial charge in [-0.05, 0) is 37.8 Å². The van der Waals surface area contributed by atoms with Crippen LogP contribution in [0.1, 0.15) is 45.6 Å². The Morgan fingerprint density at radius 3 is 2.13 bits per heavy atom. The Morgan fingerprint density at radius 1 is 1.09 bits per heavy atom.